The lowest BCUT2D eigenvalue weighted by atomic mass is 9.86. The summed E-state index contributed by atoms with van der Waals surface area (Å²) in [7, 11) is 0. The predicted molar refractivity (Wildman–Crippen MR) is 70.3 cm³/mol. The number of hydrogen-bond donors (Lipinski definition) is 0. The summed E-state index contributed by atoms with van der Waals surface area (Å²) in [5.41, 5.74) is 0. The molecule has 0 aliphatic heterocycles. The van der Waals surface area contributed by atoms with Crippen molar-refractivity contribution >= 4 is 11.3 Å². The summed E-state index contributed by atoms with van der Waals surface area (Å²) < 4.78 is 5.40. The molecule has 2 saturated carbocycles. The van der Waals surface area contributed by atoms with E-state index in [9.17, 15) is 0 Å². The van der Waals surface area contributed by atoms with Gasteiger partial charge in [0.1, 0.15) is 0 Å². The van der Waals surface area contributed by atoms with E-state index in [1.165, 1.54) is 25.7 Å². The van der Waals surface area contributed by atoms with Gasteiger partial charge in [-0.1, -0.05) is 17.6 Å². The monoisotopic (exact) mass is 260 g/mol. The molecule has 2 aliphatic rings. The predicted octanol–water partition coefficient (Wildman–Crippen LogP) is 3.78. The molecule has 3 nitrogen and oxygen atoms in total. The Kier molecular flexibility index (Phi) is 2.50. The fourth-order valence-corrected chi connectivity index (χ4v) is 4.34. The van der Waals surface area contributed by atoms with Crippen LogP contribution in [0.3, 0.4) is 0 Å². The maximum Gasteiger partial charge on any atom is 0.227 e. The Balaban J connectivity index is 1.49. The summed E-state index contributed by atoms with van der Waals surface area (Å²) in [5, 5.41) is 6.13. The number of thiophene rings is 1. The Bertz CT molecular complexity index is 534. The van der Waals surface area contributed by atoms with Gasteiger partial charge < -0.3 is 4.52 Å². The van der Waals surface area contributed by atoms with Gasteiger partial charge in [-0.15, -0.1) is 11.3 Å². The Labute approximate surface area is 110 Å². The largest absolute Gasteiger partial charge is 0.339 e. The van der Waals surface area contributed by atoms with Crippen LogP contribution in [0.2, 0.25) is 0 Å². The van der Waals surface area contributed by atoms with Gasteiger partial charge in [0.2, 0.25) is 11.7 Å². The zero-order valence-corrected chi connectivity index (χ0v) is 11.0. The lowest BCUT2D eigenvalue weighted by Crippen LogP contribution is -2.13. The van der Waals surface area contributed by atoms with Crippen LogP contribution in [0.25, 0.3) is 10.7 Å². The van der Waals surface area contributed by atoms with Gasteiger partial charge in [0.05, 0.1) is 4.88 Å². The van der Waals surface area contributed by atoms with Crippen LogP contribution in [-0.2, 0) is 6.42 Å². The minimum Gasteiger partial charge on any atom is -0.339 e. The summed E-state index contributed by atoms with van der Waals surface area (Å²) in [5.74, 6) is 4.28. The van der Waals surface area contributed by atoms with Gasteiger partial charge in [-0.2, -0.15) is 4.98 Å². The zero-order valence-electron chi connectivity index (χ0n) is 10.2. The molecule has 2 heterocycles. The molecule has 3 unspecified atom stereocenters. The number of fused-ring (bicyclic) bond motifs is 2. The molecule has 4 rings (SSSR count). The second-order valence-corrected chi connectivity index (χ2v) is 6.58. The first-order valence-corrected chi connectivity index (χ1v) is 7.63. The summed E-state index contributed by atoms with van der Waals surface area (Å²) >= 11 is 1.66. The summed E-state index contributed by atoms with van der Waals surface area (Å²) in [6, 6.07) is 4.06. The number of aromatic nitrogens is 2. The third kappa shape index (κ3) is 1.79. The highest BCUT2D eigenvalue weighted by Crippen LogP contribution is 2.49. The molecular weight excluding hydrogens is 244 g/mol. The van der Waals surface area contributed by atoms with Crippen molar-refractivity contribution in [2.75, 3.05) is 0 Å². The lowest BCUT2D eigenvalue weighted by molar-refractivity contribution is 0.288. The standard InChI is InChI=1S/C14H16N2OS/c1-2-12(18-5-1)14-15-13(17-16-14)8-11-7-9-3-4-10(11)6-9/h1-2,5,9-11H,3-4,6-8H2. The van der Waals surface area contributed by atoms with Crippen molar-refractivity contribution in [3.05, 3.63) is 23.4 Å². The fourth-order valence-electron chi connectivity index (χ4n) is 3.69. The van der Waals surface area contributed by atoms with E-state index in [1.54, 1.807) is 11.3 Å². The third-order valence-electron chi connectivity index (χ3n) is 4.53. The van der Waals surface area contributed by atoms with Crippen molar-refractivity contribution in [3.8, 4) is 10.7 Å². The van der Waals surface area contributed by atoms with E-state index in [0.717, 1.165) is 40.8 Å². The molecule has 94 valence electrons. The SMILES string of the molecule is c1csc(-c2noc(CC3CC4CCC3C4)n2)c1. The number of nitrogens with zero attached hydrogens (tertiary/aromatic N) is 2. The molecule has 0 amide bonds. The van der Waals surface area contributed by atoms with Crippen LogP contribution < -0.4 is 0 Å². The van der Waals surface area contributed by atoms with E-state index in [0.29, 0.717) is 0 Å². The topological polar surface area (TPSA) is 38.9 Å². The van der Waals surface area contributed by atoms with Crippen LogP contribution in [0.1, 0.15) is 31.6 Å². The molecule has 0 radical (unpaired) electrons. The lowest BCUT2D eigenvalue weighted by Gasteiger charge is -2.19. The van der Waals surface area contributed by atoms with Crippen molar-refractivity contribution in [1.82, 2.24) is 10.1 Å². The first kappa shape index (κ1) is 10.7. The van der Waals surface area contributed by atoms with Gasteiger partial charge in [-0.25, -0.2) is 0 Å². The Hall–Kier alpha value is -1.16. The summed E-state index contributed by atoms with van der Waals surface area (Å²) in [6.07, 6.45) is 6.67. The van der Waals surface area contributed by atoms with Crippen molar-refractivity contribution in [3.63, 3.8) is 0 Å². The quantitative estimate of drug-likeness (QED) is 0.843. The Morgan fingerprint density at radius 2 is 2.33 bits per heavy atom. The van der Waals surface area contributed by atoms with Crippen LogP contribution in [0.5, 0.6) is 0 Å². The molecule has 3 atom stereocenters. The van der Waals surface area contributed by atoms with Gasteiger partial charge >= 0.3 is 0 Å². The van der Waals surface area contributed by atoms with E-state index < -0.39 is 0 Å². The van der Waals surface area contributed by atoms with Crippen molar-refractivity contribution < 1.29 is 4.52 Å². The highest BCUT2D eigenvalue weighted by Gasteiger charge is 2.40. The first-order chi connectivity index (χ1) is 8.88. The van der Waals surface area contributed by atoms with Crippen LogP contribution >= 0.6 is 11.3 Å². The first-order valence-electron chi connectivity index (χ1n) is 6.75. The molecule has 0 N–H and O–H groups in total. The highest BCUT2D eigenvalue weighted by atomic mass is 32.1. The molecule has 2 aromatic rings. The maximum absolute atomic E-state index is 5.40. The van der Waals surface area contributed by atoms with E-state index in [2.05, 4.69) is 10.1 Å². The van der Waals surface area contributed by atoms with Gasteiger partial charge in [0.25, 0.3) is 0 Å². The highest BCUT2D eigenvalue weighted by molar-refractivity contribution is 7.13. The van der Waals surface area contributed by atoms with Crippen molar-refractivity contribution in [2.24, 2.45) is 17.8 Å². The fraction of sp³-hybridized carbons (Fsp3) is 0.571. The average Bonchev–Trinajstić information content (AvgIpc) is 3.14. The van der Waals surface area contributed by atoms with Crippen LogP contribution in [-0.4, -0.2) is 10.1 Å². The van der Waals surface area contributed by atoms with Gasteiger partial charge in [0, 0.05) is 6.42 Å². The number of rotatable bonds is 3. The van der Waals surface area contributed by atoms with Crippen LogP contribution in [0.4, 0.5) is 0 Å². The molecule has 0 saturated heterocycles. The Morgan fingerprint density at radius 3 is 3.06 bits per heavy atom. The molecule has 0 aromatic carbocycles. The Morgan fingerprint density at radius 1 is 1.33 bits per heavy atom. The maximum atomic E-state index is 5.40. The third-order valence-corrected chi connectivity index (χ3v) is 5.40. The molecular formula is C14H16N2OS. The van der Waals surface area contributed by atoms with Crippen LogP contribution in [0, 0.1) is 17.8 Å². The number of hydrogen-bond acceptors (Lipinski definition) is 4. The summed E-state index contributed by atoms with van der Waals surface area (Å²) in [6.45, 7) is 0. The molecule has 2 fully saturated rings. The van der Waals surface area contributed by atoms with E-state index in [-0.39, 0.29) is 0 Å². The van der Waals surface area contributed by atoms with E-state index in [4.69, 9.17) is 4.52 Å². The van der Waals surface area contributed by atoms with Gasteiger partial charge in [0.15, 0.2) is 0 Å². The van der Waals surface area contributed by atoms with Crippen molar-refractivity contribution in [2.45, 2.75) is 32.1 Å². The second-order valence-electron chi connectivity index (χ2n) is 5.63. The van der Waals surface area contributed by atoms with Crippen LogP contribution in [0.15, 0.2) is 22.0 Å². The summed E-state index contributed by atoms with van der Waals surface area (Å²) in [4.78, 5) is 5.63. The van der Waals surface area contributed by atoms with E-state index in [1.807, 2.05) is 17.5 Å². The molecule has 2 aliphatic carbocycles. The second kappa shape index (κ2) is 4.19. The molecule has 18 heavy (non-hydrogen) atoms. The zero-order chi connectivity index (χ0) is 11.9. The van der Waals surface area contributed by atoms with Gasteiger partial charge in [-0.3, -0.25) is 0 Å². The molecule has 4 heteroatoms. The van der Waals surface area contributed by atoms with E-state index >= 15 is 0 Å². The average molecular weight is 260 g/mol. The normalized spacial score (nSPS) is 30.1. The van der Waals surface area contributed by atoms with Gasteiger partial charge in [-0.05, 0) is 48.5 Å². The smallest absolute Gasteiger partial charge is 0.227 e. The molecule has 2 bridgehead atoms. The minimum absolute atomic E-state index is 0.753. The van der Waals surface area contributed by atoms with Crippen molar-refractivity contribution in [1.29, 1.82) is 0 Å². The molecule has 2 aromatic heterocycles. The molecule has 0 spiro atoms. The minimum atomic E-state index is 0.753.